The summed E-state index contributed by atoms with van der Waals surface area (Å²) in [5.41, 5.74) is 2.78. The Kier molecular flexibility index (Phi) is 4.48. The first-order chi connectivity index (χ1) is 11.6. The zero-order chi connectivity index (χ0) is 17.1. The number of carbonyl (C=O) groups excluding carboxylic acids is 1. The number of amides is 1. The Bertz CT molecular complexity index is 790. The SMILES string of the molecule is CC(=O)N1C(C#N)=C[C@H](c2ccccc2)[C@@H](c2ccccc2)[C@@H]1C. The van der Waals surface area contributed by atoms with Gasteiger partial charge in [-0.3, -0.25) is 4.79 Å². The van der Waals surface area contributed by atoms with E-state index in [-0.39, 0.29) is 23.8 Å². The molecule has 0 spiro atoms. The molecule has 0 radical (unpaired) electrons. The van der Waals surface area contributed by atoms with Gasteiger partial charge in [0, 0.05) is 24.8 Å². The minimum Gasteiger partial charge on any atom is -0.300 e. The Morgan fingerprint density at radius 1 is 1.00 bits per heavy atom. The summed E-state index contributed by atoms with van der Waals surface area (Å²) in [7, 11) is 0. The van der Waals surface area contributed by atoms with Crippen LogP contribution in [-0.4, -0.2) is 16.8 Å². The quantitative estimate of drug-likeness (QED) is 0.833. The van der Waals surface area contributed by atoms with Crippen LogP contribution in [0, 0.1) is 11.3 Å². The molecule has 2 aromatic rings. The molecule has 0 bridgehead atoms. The maximum atomic E-state index is 12.1. The molecule has 120 valence electrons. The zero-order valence-electron chi connectivity index (χ0n) is 13.9. The van der Waals surface area contributed by atoms with E-state index >= 15 is 0 Å². The van der Waals surface area contributed by atoms with Crippen LogP contribution in [0.3, 0.4) is 0 Å². The Morgan fingerprint density at radius 2 is 1.54 bits per heavy atom. The lowest BCUT2D eigenvalue weighted by Crippen LogP contribution is -2.44. The van der Waals surface area contributed by atoms with Crippen LogP contribution in [-0.2, 0) is 4.79 Å². The molecule has 0 N–H and O–H groups in total. The summed E-state index contributed by atoms with van der Waals surface area (Å²) in [6.07, 6.45) is 1.94. The standard InChI is InChI=1S/C21H20N2O/c1-15-21(18-11-7-4-8-12-18)20(17-9-5-3-6-10-17)13-19(14-22)23(15)16(2)24/h3-13,15,20-21H,1-2H3/t15-,20+,21+/m0/s1. The van der Waals surface area contributed by atoms with Crippen LogP contribution in [0.25, 0.3) is 0 Å². The van der Waals surface area contributed by atoms with Gasteiger partial charge in [-0.05, 0) is 24.1 Å². The summed E-state index contributed by atoms with van der Waals surface area (Å²) in [5, 5.41) is 9.54. The van der Waals surface area contributed by atoms with Gasteiger partial charge in [0.25, 0.3) is 0 Å². The Balaban J connectivity index is 2.17. The topological polar surface area (TPSA) is 44.1 Å². The van der Waals surface area contributed by atoms with Crippen LogP contribution in [0.1, 0.15) is 36.8 Å². The average Bonchev–Trinajstić information content (AvgIpc) is 2.61. The third-order valence-corrected chi connectivity index (χ3v) is 4.73. The molecular weight excluding hydrogens is 296 g/mol. The summed E-state index contributed by atoms with van der Waals surface area (Å²) in [6, 6.07) is 22.5. The van der Waals surface area contributed by atoms with Gasteiger partial charge < -0.3 is 4.90 Å². The first-order valence-electron chi connectivity index (χ1n) is 8.15. The van der Waals surface area contributed by atoms with E-state index in [2.05, 4.69) is 30.3 Å². The fraction of sp³-hybridized carbons (Fsp3) is 0.238. The van der Waals surface area contributed by atoms with Gasteiger partial charge in [0.1, 0.15) is 11.8 Å². The van der Waals surface area contributed by atoms with Gasteiger partial charge in [0.05, 0.1) is 0 Å². The minimum absolute atomic E-state index is 0.0637. The van der Waals surface area contributed by atoms with Crippen molar-refractivity contribution in [3.63, 3.8) is 0 Å². The van der Waals surface area contributed by atoms with E-state index in [4.69, 9.17) is 0 Å². The maximum absolute atomic E-state index is 12.1. The Morgan fingerprint density at radius 3 is 2.04 bits per heavy atom. The Labute approximate surface area is 142 Å². The van der Waals surface area contributed by atoms with Gasteiger partial charge in [-0.15, -0.1) is 0 Å². The van der Waals surface area contributed by atoms with Gasteiger partial charge in [0.2, 0.25) is 5.91 Å². The largest absolute Gasteiger partial charge is 0.300 e. The van der Waals surface area contributed by atoms with E-state index in [1.807, 2.05) is 49.4 Å². The molecule has 0 aliphatic carbocycles. The molecule has 1 aliphatic heterocycles. The number of allylic oxidation sites excluding steroid dienone is 2. The van der Waals surface area contributed by atoms with Crippen molar-refractivity contribution in [1.82, 2.24) is 4.90 Å². The number of nitriles is 1. The number of hydrogen-bond acceptors (Lipinski definition) is 2. The van der Waals surface area contributed by atoms with E-state index in [1.54, 1.807) is 4.90 Å². The highest BCUT2D eigenvalue weighted by molar-refractivity contribution is 5.77. The van der Waals surface area contributed by atoms with Crippen molar-refractivity contribution >= 4 is 5.91 Å². The summed E-state index contributed by atoms with van der Waals surface area (Å²) < 4.78 is 0. The van der Waals surface area contributed by atoms with Gasteiger partial charge in [-0.25, -0.2) is 0 Å². The molecule has 1 amide bonds. The smallest absolute Gasteiger partial charge is 0.224 e. The maximum Gasteiger partial charge on any atom is 0.224 e. The van der Waals surface area contributed by atoms with Gasteiger partial charge in [0.15, 0.2) is 0 Å². The van der Waals surface area contributed by atoms with E-state index < -0.39 is 0 Å². The van der Waals surface area contributed by atoms with Crippen LogP contribution in [0.5, 0.6) is 0 Å². The molecule has 24 heavy (non-hydrogen) atoms. The molecular formula is C21H20N2O. The van der Waals surface area contributed by atoms with Crippen LogP contribution < -0.4 is 0 Å². The molecule has 1 heterocycles. The van der Waals surface area contributed by atoms with Crippen molar-refractivity contribution < 1.29 is 4.79 Å². The monoisotopic (exact) mass is 316 g/mol. The van der Waals surface area contributed by atoms with Crippen LogP contribution in [0.4, 0.5) is 0 Å². The minimum atomic E-state index is -0.0947. The molecule has 3 atom stereocenters. The number of hydrogen-bond donors (Lipinski definition) is 0. The molecule has 2 aromatic carbocycles. The van der Waals surface area contributed by atoms with Crippen LogP contribution in [0.15, 0.2) is 72.4 Å². The second-order valence-electron chi connectivity index (χ2n) is 6.17. The average molecular weight is 316 g/mol. The molecule has 0 fully saturated rings. The molecule has 0 aromatic heterocycles. The fourth-order valence-corrected chi connectivity index (χ4v) is 3.72. The van der Waals surface area contributed by atoms with E-state index in [0.717, 1.165) is 5.56 Å². The van der Waals surface area contributed by atoms with E-state index in [1.165, 1.54) is 12.5 Å². The molecule has 0 saturated carbocycles. The van der Waals surface area contributed by atoms with Crippen molar-refractivity contribution in [2.45, 2.75) is 31.7 Å². The molecule has 1 aliphatic rings. The zero-order valence-corrected chi connectivity index (χ0v) is 13.9. The van der Waals surface area contributed by atoms with Crippen molar-refractivity contribution in [3.8, 4) is 6.07 Å². The third kappa shape index (κ3) is 2.83. The van der Waals surface area contributed by atoms with Crippen molar-refractivity contribution in [2.24, 2.45) is 0 Å². The van der Waals surface area contributed by atoms with Gasteiger partial charge >= 0.3 is 0 Å². The predicted octanol–water partition coefficient (Wildman–Crippen LogP) is 4.21. The predicted molar refractivity (Wildman–Crippen MR) is 94.0 cm³/mol. The number of carbonyl (C=O) groups is 1. The number of rotatable bonds is 2. The Hall–Kier alpha value is -2.86. The second kappa shape index (κ2) is 6.72. The summed E-state index contributed by atoms with van der Waals surface area (Å²) in [6.45, 7) is 3.55. The van der Waals surface area contributed by atoms with E-state index in [0.29, 0.717) is 5.70 Å². The molecule has 3 heteroatoms. The molecule has 0 unspecified atom stereocenters. The molecule has 3 rings (SSSR count). The number of benzene rings is 2. The van der Waals surface area contributed by atoms with Crippen LogP contribution in [0.2, 0.25) is 0 Å². The fourth-order valence-electron chi connectivity index (χ4n) is 3.72. The summed E-state index contributed by atoms with van der Waals surface area (Å²) in [5.74, 6) is 0.0752. The highest BCUT2D eigenvalue weighted by atomic mass is 16.2. The van der Waals surface area contributed by atoms with Crippen molar-refractivity contribution in [1.29, 1.82) is 5.26 Å². The highest BCUT2D eigenvalue weighted by Crippen LogP contribution is 2.43. The molecule has 0 saturated heterocycles. The van der Waals surface area contributed by atoms with Gasteiger partial charge in [-0.1, -0.05) is 60.7 Å². The van der Waals surface area contributed by atoms with E-state index in [9.17, 15) is 10.1 Å². The normalized spacial score (nSPS) is 23.3. The summed E-state index contributed by atoms with van der Waals surface area (Å²) >= 11 is 0. The number of nitrogens with zero attached hydrogens (tertiary/aromatic N) is 2. The highest BCUT2D eigenvalue weighted by Gasteiger charge is 2.38. The lowest BCUT2D eigenvalue weighted by Gasteiger charge is -2.42. The van der Waals surface area contributed by atoms with Crippen molar-refractivity contribution in [3.05, 3.63) is 83.6 Å². The summed E-state index contributed by atoms with van der Waals surface area (Å²) in [4.78, 5) is 13.8. The lowest BCUT2D eigenvalue weighted by molar-refractivity contribution is -0.129. The van der Waals surface area contributed by atoms with Crippen LogP contribution >= 0.6 is 0 Å². The lowest BCUT2D eigenvalue weighted by atomic mass is 9.74. The molecule has 3 nitrogen and oxygen atoms in total. The van der Waals surface area contributed by atoms with Gasteiger partial charge in [-0.2, -0.15) is 5.26 Å². The second-order valence-corrected chi connectivity index (χ2v) is 6.17. The first kappa shape index (κ1) is 16.0. The van der Waals surface area contributed by atoms with Crippen molar-refractivity contribution in [2.75, 3.05) is 0 Å². The third-order valence-electron chi connectivity index (χ3n) is 4.73. The first-order valence-corrected chi connectivity index (χ1v) is 8.15.